The van der Waals surface area contributed by atoms with Crippen molar-refractivity contribution in [3.8, 4) is 10.6 Å². The number of rotatable bonds is 5. The smallest absolute Gasteiger partial charge is 0.229 e. The minimum absolute atomic E-state index is 0.317. The lowest BCUT2D eigenvalue weighted by Crippen LogP contribution is -2.44. The Balaban J connectivity index is 1.27. The quantitative estimate of drug-likeness (QED) is 0.372. The molecule has 1 saturated carbocycles. The van der Waals surface area contributed by atoms with Crippen molar-refractivity contribution in [1.29, 1.82) is 0 Å². The predicted molar refractivity (Wildman–Crippen MR) is 144 cm³/mol. The van der Waals surface area contributed by atoms with Crippen molar-refractivity contribution in [3.05, 3.63) is 53.9 Å². The number of aromatic nitrogens is 4. The number of hydrogen-bond donors (Lipinski definition) is 1. The minimum atomic E-state index is -0.427. The molecule has 0 unspecified atom stereocenters. The third-order valence-electron chi connectivity index (χ3n) is 7.44. The van der Waals surface area contributed by atoms with Gasteiger partial charge < -0.3 is 15.1 Å². The van der Waals surface area contributed by atoms with Gasteiger partial charge in [0.15, 0.2) is 5.82 Å². The molecule has 4 aromatic heterocycles. The first-order valence-corrected chi connectivity index (χ1v) is 13.5. The fraction of sp³-hybridized carbons (Fsp3) is 0.407. The molecule has 0 aromatic carbocycles. The van der Waals surface area contributed by atoms with Crippen LogP contribution >= 0.6 is 11.3 Å². The third kappa shape index (κ3) is 4.41. The van der Waals surface area contributed by atoms with Crippen molar-refractivity contribution in [1.82, 2.24) is 24.8 Å². The molecule has 2 aliphatic rings. The van der Waals surface area contributed by atoms with E-state index in [2.05, 4.69) is 43.2 Å². The van der Waals surface area contributed by atoms with Gasteiger partial charge in [-0.1, -0.05) is 12.8 Å². The zero-order chi connectivity index (χ0) is 24.6. The number of aryl methyl sites for hydroxylation is 1. The lowest BCUT2D eigenvalue weighted by Gasteiger charge is -2.33. The minimum Gasteiger partial charge on any atom is -0.368 e. The number of fused-ring (bicyclic) bond motifs is 1. The molecule has 1 aliphatic carbocycles. The highest BCUT2D eigenvalue weighted by Gasteiger charge is 2.24. The zero-order valence-electron chi connectivity index (χ0n) is 20.7. The van der Waals surface area contributed by atoms with Crippen LogP contribution in [0.2, 0.25) is 0 Å². The van der Waals surface area contributed by atoms with Crippen molar-refractivity contribution < 1.29 is 4.39 Å². The molecular weight excluding hydrogens is 473 g/mol. The molecule has 5 heterocycles. The maximum atomic E-state index is 15.0. The second-order valence-corrected chi connectivity index (χ2v) is 10.8. The second-order valence-electron chi connectivity index (χ2n) is 9.82. The maximum absolute atomic E-state index is 15.0. The Morgan fingerprint density at radius 1 is 1.00 bits per heavy atom. The number of anilines is 3. The largest absolute Gasteiger partial charge is 0.368 e. The van der Waals surface area contributed by atoms with E-state index in [1.165, 1.54) is 31.9 Å². The van der Waals surface area contributed by atoms with Crippen molar-refractivity contribution in [2.24, 2.45) is 0 Å². The summed E-state index contributed by atoms with van der Waals surface area (Å²) in [6.07, 6.45) is 9.85. The first-order valence-electron chi connectivity index (χ1n) is 12.6. The van der Waals surface area contributed by atoms with E-state index in [0.717, 1.165) is 58.1 Å². The molecule has 0 atom stereocenters. The van der Waals surface area contributed by atoms with Gasteiger partial charge in [-0.05, 0) is 56.0 Å². The Hall–Kier alpha value is -3.17. The topological polar surface area (TPSA) is 70.1 Å². The fourth-order valence-electron chi connectivity index (χ4n) is 5.30. The summed E-state index contributed by atoms with van der Waals surface area (Å²) in [5.41, 5.74) is 3.61. The normalized spacial score (nSPS) is 17.2. The van der Waals surface area contributed by atoms with E-state index in [1.54, 1.807) is 11.3 Å². The van der Waals surface area contributed by atoms with Gasteiger partial charge in [0.1, 0.15) is 11.5 Å². The molecule has 186 valence electrons. The Bertz CT molecular complexity index is 1370. The van der Waals surface area contributed by atoms with Crippen LogP contribution in [0.3, 0.4) is 0 Å². The van der Waals surface area contributed by atoms with E-state index in [1.807, 2.05) is 31.5 Å². The number of thiophene rings is 1. The van der Waals surface area contributed by atoms with Gasteiger partial charge in [0.05, 0.1) is 33.4 Å². The van der Waals surface area contributed by atoms with E-state index < -0.39 is 5.82 Å². The molecule has 4 aromatic rings. The van der Waals surface area contributed by atoms with E-state index in [9.17, 15) is 0 Å². The van der Waals surface area contributed by atoms with Crippen molar-refractivity contribution >= 4 is 38.9 Å². The molecule has 9 heteroatoms. The monoisotopic (exact) mass is 503 g/mol. The van der Waals surface area contributed by atoms with E-state index in [-0.39, 0.29) is 0 Å². The Morgan fingerprint density at radius 2 is 1.81 bits per heavy atom. The molecule has 1 aliphatic heterocycles. The Kier molecular flexibility index (Phi) is 6.27. The number of piperazine rings is 1. The van der Waals surface area contributed by atoms with Crippen LogP contribution in [-0.2, 0) is 0 Å². The average molecular weight is 504 g/mol. The van der Waals surface area contributed by atoms with Gasteiger partial charge in [0.2, 0.25) is 5.95 Å². The standard InChI is InChI=1S/C27H30FN7S/c1-17-20-9-10-29-23(18-5-3-4-6-18)26(20)36-25(17)24-21(28)16-31-27(33-24)32-22-8-7-19(15-30-22)35-13-11-34(2)12-14-35/h7-10,15-16,18H,3-6,11-14H2,1-2H3,(H,30,31,32,33). The number of halogens is 1. The first kappa shape index (κ1) is 23.2. The van der Waals surface area contributed by atoms with E-state index in [4.69, 9.17) is 4.98 Å². The van der Waals surface area contributed by atoms with Crippen LogP contribution in [0.1, 0.15) is 42.9 Å². The van der Waals surface area contributed by atoms with Crippen molar-refractivity contribution in [3.63, 3.8) is 0 Å². The van der Waals surface area contributed by atoms with Gasteiger partial charge in [-0.15, -0.1) is 11.3 Å². The number of nitrogens with one attached hydrogen (secondary N) is 1. The summed E-state index contributed by atoms with van der Waals surface area (Å²) >= 11 is 1.59. The number of hydrogen-bond acceptors (Lipinski definition) is 8. The highest BCUT2D eigenvalue weighted by Crippen LogP contribution is 2.44. The summed E-state index contributed by atoms with van der Waals surface area (Å²) in [4.78, 5) is 23.5. The second kappa shape index (κ2) is 9.71. The molecule has 1 N–H and O–H groups in total. The van der Waals surface area contributed by atoms with Crippen LogP contribution in [0, 0.1) is 12.7 Å². The lowest BCUT2D eigenvalue weighted by atomic mass is 10.0. The van der Waals surface area contributed by atoms with Gasteiger partial charge >= 0.3 is 0 Å². The molecular formula is C27H30FN7S. The van der Waals surface area contributed by atoms with Gasteiger partial charge in [0, 0.05) is 38.3 Å². The summed E-state index contributed by atoms with van der Waals surface area (Å²) in [5, 5.41) is 4.29. The van der Waals surface area contributed by atoms with Crippen LogP contribution in [0.4, 0.5) is 21.8 Å². The summed E-state index contributed by atoms with van der Waals surface area (Å²) < 4.78 is 16.2. The lowest BCUT2D eigenvalue weighted by molar-refractivity contribution is 0.313. The summed E-state index contributed by atoms with van der Waals surface area (Å²) in [5.74, 6) is 1.03. The van der Waals surface area contributed by atoms with Crippen LogP contribution < -0.4 is 10.2 Å². The molecule has 6 rings (SSSR count). The summed E-state index contributed by atoms with van der Waals surface area (Å²) in [7, 11) is 2.14. The van der Waals surface area contributed by atoms with Crippen LogP contribution in [0.25, 0.3) is 20.7 Å². The average Bonchev–Trinajstić information content (AvgIpc) is 3.55. The fourth-order valence-corrected chi connectivity index (χ4v) is 6.66. The number of nitrogens with zero attached hydrogens (tertiary/aromatic N) is 6. The van der Waals surface area contributed by atoms with E-state index >= 15 is 4.39 Å². The third-order valence-corrected chi connectivity index (χ3v) is 8.77. The van der Waals surface area contributed by atoms with Crippen LogP contribution in [0.5, 0.6) is 0 Å². The highest BCUT2D eigenvalue weighted by molar-refractivity contribution is 7.22. The molecule has 2 fully saturated rings. The molecule has 0 spiro atoms. The number of likely N-dealkylation sites (N-methyl/N-ethyl adjacent to an activating group) is 1. The zero-order valence-corrected chi connectivity index (χ0v) is 21.5. The van der Waals surface area contributed by atoms with Crippen LogP contribution in [-0.4, -0.2) is 58.1 Å². The molecule has 0 radical (unpaired) electrons. The Labute approximate surface area is 214 Å². The first-order chi connectivity index (χ1) is 17.6. The van der Waals surface area contributed by atoms with Crippen molar-refractivity contribution in [2.75, 3.05) is 43.4 Å². The van der Waals surface area contributed by atoms with Crippen molar-refractivity contribution in [2.45, 2.75) is 38.5 Å². The Morgan fingerprint density at radius 3 is 2.56 bits per heavy atom. The molecule has 36 heavy (non-hydrogen) atoms. The summed E-state index contributed by atoms with van der Waals surface area (Å²) in [6.45, 7) is 6.10. The predicted octanol–water partition coefficient (Wildman–Crippen LogP) is 5.75. The molecule has 0 bridgehead atoms. The van der Waals surface area contributed by atoms with Gasteiger partial charge in [-0.3, -0.25) is 4.98 Å². The SMILES string of the molecule is Cc1c(-c2nc(Nc3ccc(N4CCN(C)CC4)cn3)ncc2F)sc2c(C3CCCC3)nccc12. The van der Waals surface area contributed by atoms with Gasteiger partial charge in [-0.2, -0.15) is 0 Å². The molecule has 7 nitrogen and oxygen atoms in total. The van der Waals surface area contributed by atoms with E-state index in [0.29, 0.717) is 23.4 Å². The molecule has 1 saturated heterocycles. The van der Waals surface area contributed by atoms with Gasteiger partial charge in [-0.25, -0.2) is 19.3 Å². The summed E-state index contributed by atoms with van der Waals surface area (Å²) in [6, 6.07) is 6.01. The number of pyridine rings is 2. The van der Waals surface area contributed by atoms with Gasteiger partial charge in [0.25, 0.3) is 0 Å². The van der Waals surface area contributed by atoms with Crippen LogP contribution in [0.15, 0.2) is 36.8 Å². The molecule has 0 amide bonds. The maximum Gasteiger partial charge on any atom is 0.229 e. The highest BCUT2D eigenvalue weighted by atomic mass is 32.1.